The number of aromatic amines is 1. The highest BCUT2D eigenvalue weighted by Gasteiger charge is 2.36. The highest BCUT2D eigenvalue weighted by Crippen LogP contribution is 2.46. The Kier molecular flexibility index (Phi) is 8.21. The first-order valence-corrected chi connectivity index (χ1v) is 16.2. The number of hydrogen-bond acceptors (Lipinski definition) is 6. The summed E-state index contributed by atoms with van der Waals surface area (Å²) in [6, 6.07) is 24.1. The minimum Gasteiger partial charge on any atom is -0.409 e. The van der Waals surface area contributed by atoms with Gasteiger partial charge < -0.3 is 35.1 Å². The lowest BCUT2D eigenvalue weighted by Crippen LogP contribution is -2.48. The van der Waals surface area contributed by atoms with Gasteiger partial charge in [-0.05, 0) is 66.5 Å². The number of nitrogens with one attached hydrogen (secondary N) is 3. The van der Waals surface area contributed by atoms with Crippen molar-refractivity contribution in [2.24, 2.45) is 0 Å². The fourth-order valence-electron chi connectivity index (χ4n) is 6.43. The number of halogens is 1. The number of ether oxygens (including phenoxy) is 1. The van der Waals surface area contributed by atoms with Crippen LogP contribution in [0.3, 0.4) is 0 Å². The van der Waals surface area contributed by atoms with Gasteiger partial charge in [0.15, 0.2) is 0 Å². The van der Waals surface area contributed by atoms with Crippen molar-refractivity contribution in [3.8, 4) is 5.75 Å². The third-order valence-corrected chi connectivity index (χ3v) is 9.44. The number of fused-ring (bicyclic) bond motifs is 4. The molecule has 3 amide bonds. The van der Waals surface area contributed by atoms with Crippen molar-refractivity contribution < 1.29 is 19.1 Å². The van der Waals surface area contributed by atoms with Gasteiger partial charge in [0, 0.05) is 90.9 Å². The van der Waals surface area contributed by atoms with Gasteiger partial charge in [-0.1, -0.05) is 24.3 Å². The van der Waals surface area contributed by atoms with Crippen LogP contribution >= 0.6 is 11.6 Å². The molecule has 7 rings (SSSR count). The van der Waals surface area contributed by atoms with Gasteiger partial charge in [0.05, 0.1) is 5.69 Å². The van der Waals surface area contributed by atoms with E-state index in [0.717, 1.165) is 46.0 Å². The highest BCUT2D eigenvalue weighted by molar-refractivity contribution is 6.19. The number of amides is 3. The molecule has 11 heteroatoms. The molecule has 1 aromatic heterocycles. The van der Waals surface area contributed by atoms with Crippen LogP contribution in [0.25, 0.3) is 21.7 Å². The zero-order chi connectivity index (χ0) is 32.7. The van der Waals surface area contributed by atoms with E-state index in [9.17, 15) is 14.4 Å². The first kappa shape index (κ1) is 30.6. The quantitative estimate of drug-likeness (QED) is 0.185. The Bertz CT molecular complexity index is 2000. The summed E-state index contributed by atoms with van der Waals surface area (Å²) in [6.07, 6.45) is -0.401. The minimum absolute atomic E-state index is 0.101. The SMILES string of the molecule is CNc1ccc(C(=O)Nc2ccc3[nH]c(C(=O)N4C[C@@H](CCl)c5c4cc(OC(=O)N4CCN(C)CC4)c4ccccc54)cc3c2)cc1. The lowest BCUT2D eigenvalue weighted by molar-refractivity contribution is 0.0983. The number of piperazine rings is 1. The van der Waals surface area contributed by atoms with Crippen molar-refractivity contribution in [3.63, 3.8) is 0 Å². The summed E-state index contributed by atoms with van der Waals surface area (Å²) < 4.78 is 6.02. The lowest BCUT2D eigenvalue weighted by Gasteiger charge is -2.31. The number of benzene rings is 4. The molecule has 4 aromatic carbocycles. The van der Waals surface area contributed by atoms with E-state index in [1.54, 1.807) is 40.1 Å². The Labute approximate surface area is 277 Å². The maximum atomic E-state index is 14.1. The van der Waals surface area contributed by atoms with Gasteiger partial charge in [0.2, 0.25) is 0 Å². The van der Waals surface area contributed by atoms with Crippen LogP contribution in [0.15, 0.2) is 78.9 Å². The van der Waals surface area contributed by atoms with Crippen LogP contribution in [0.5, 0.6) is 5.75 Å². The third-order valence-electron chi connectivity index (χ3n) is 9.06. The number of likely N-dealkylation sites (N-methyl/N-ethyl adjacent to an activating group) is 1. The van der Waals surface area contributed by atoms with E-state index in [1.807, 2.05) is 62.6 Å². The zero-order valence-electron chi connectivity index (χ0n) is 26.2. The zero-order valence-corrected chi connectivity index (χ0v) is 26.9. The molecule has 2 aliphatic heterocycles. The highest BCUT2D eigenvalue weighted by atomic mass is 35.5. The van der Waals surface area contributed by atoms with Crippen LogP contribution in [-0.2, 0) is 0 Å². The largest absolute Gasteiger partial charge is 0.415 e. The van der Waals surface area contributed by atoms with E-state index < -0.39 is 6.09 Å². The van der Waals surface area contributed by atoms with Crippen LogP contribution in [0.1, 0.15) is 32.3 Å². The van der Waals surface area contributed by atoms with Crippen molar-refractivity contribution >= 4 is 68.2 Å². The smallest absolute Gasteiger partial charge is 0.409 e. The average molecular weight is 651 g/mol. The van der Waals surface area contributed by atoms with Crippen molar-refractivity contribution in [3.05, 3.63) is 95.7 Å². The fraction of sp³-hybridized carbons (Fsp3) is 0.250. The second-order valence-electron chi connectivity index (χ2n) is 12.0. The molecule has 1 atom stereocenters. The molecule has 0 unspecified atom stereocenters. The number of rotatable bonds is 6. The molecule has 1 saturated heterocycles. The molecule has 0 bridgehead atoms. The van der Waals surface area contributed by atoms with Gasteiger partial charge in [0.25, 0.3) is 11.8 Å². The fourth-order valence-corrected chi connectivity index (χ4v) is 6.68. The molecule has 5 aromatic rings. The van der Waals surface area contributed by atoms with Gasteiger partial charge in [-0.2, -0.15) is 0 Å². The van der Waals surface area contributed by atoms with E-state index in [-0.39, 0.29) is 17.7 Å². The molecule has 10 nitrogen and oxygen atoms in total. The van der Waals surface area contributed by atoms with Crippen molar-refractivity contribution in [1.29, 1.82) is 0 Å². The first-order valence-electron chi connectivity index (χ1n) is 15.6. The predicted molar refractivity (Wildman–Crippen MR) is 186 cm³/mol. The normalized spacial score (nSPS) is 16.4. The van der Waals surface area contributed by atoms with Gasteiger partial charge in [-0.15, -0.1) is 11.6 Å². The van der Waals surface area contributed by atoms with E-state index in [2.05, 4.69) is 20.5 Å². The molecule has 0 aliphatic carbocycles. The Morgan fingerprint density at radius 2 is 1.64 bits per heavy atom. The Morgan fingerprint density at radius 1 is 0.915 bits per heavy atom. The molecular formula is C36H35ClN6O4. The summed E-state index contributed by atoms with van der Waals surface area (Å²) in [7, 11) is 3.86. The number of carbonyl (C=O) groups excluding carboxylic acids is 3. The third kappa shape index (κ3) is 5.86. The van der Waals surface area contributed by atoms with Crippen molar-refractivity contribution in [2.45, 2.75) is 5.92 Å². The summed E-state index contributed by atoms with van der Waals surface area (Å²) in [5.41, 5.74) is 4.88. The van der Waals surface area contributed by atoms with Gasteiger partial charge in [-0.3, -0.25) is 9.59 Å². The maximum Gasteiger partial charge on any atom is 0.415 e. The summed E-state index contributed by atoms with van der Waals surface area (Å²) in [5, 5.41) is 8.48. The van der Waals surface area contributed by atoms with E-state index in [0.29, 0.717) is 53.9 Å². The van der Waals surface area contributed by atoms with E-state index >= 15 is 0 Å². The molecule has 3 heterocycles. The average Bonchev–Trinajstić information content (AvgIpc) is 3.70. The molecule has 0 radical (unpaired) electrons. The van der Waals surface area contributed by atoms with Crippen LogP contribution in [0, 0.1) is 0 Å². The molecule has 240 valence electrons. The van der Waals surface area contributed by atoms with Crippen molar-refractivity contribution in [1.82, 2.24) is 14.8 Å². The number of anilines is 3. The van der Waals surface area contributed by atoms with Crippen LogP contribution in [0.2, 0.25) is 0 Å². The predicted octanol–water partition coefficient (Wildman–Crippen LogP) is 6.34. The van der Waals surface area contributed by atoms with E-state index in [1.165, 1.54) is 0 Å². The van der Waals surface area contributed by atoms with Crippen LogP contribution in [-0.4, -0.2) is 85.4 Å². The molecule has 47 heavy (non-hydrogen) atoms. The number of H-pyrrole nitrogens is 1. The Morgan fingerprint density at radius 3 is 2.36 bits per heavy atom. The summed E-state index contributed by atoms with van der Waals surface area (Å²) in [4.78, 5) is 49.1. The number of nitrogens with zero attached hydrogens (tertiary/aromatic N) is 3. The number of alkyl halides is 1. The molecule has 1 fully saturated rings. The van der Waals surface area contributed by atoms with Crippen LogP contribution < -0.4 is 20.3 Å². The minimum atomic E-state index is -0.401. The number of aromatic nitrogens is 1. The summed E-state index contributed by atoms with van der Waals surface area (Å²) in [6.45, 7) is 3.13. The summed E-state index contributed by atoms with van der Waals surface area (Å²) in [5.74, 6) is 0.187. The second-order valence-corrected chi connectivity index (χ2v) is 12.4. The monoisotopic (exact) mass is 650 g/mol. The van der Waals surface area contributed by atoms with Crippen molar-refractivity contribution in [2.75, 3.05) is 68.2 Å². The van der Waals surface area contributed by atoms with Crippen LogP contribution in [0.4, 0.5) is 21.9 Å². The summed E-state index contributed by atoms with van der Waals surface area (Å²) >= 11 is 6.49. The molecular weight excluding hydrogens is 616 g/mol. The van der Waals surface area contributed by atoms with Gasteiger partial charge >= 0.3 is 6.09 Å². The van der Waals surface area contributed by atoms with Gasteiger partial charge in [-0.25, -0.2) is 4.79 Å². The number of carbonyl (C=O) groups is 3. The topological polar surface area (TPSA) is 110 Å². The molecule has 2 aliphatic rings. The second kappa shape index (κ2) is 12.6. The maximum absolute atomic E-state index is 14.1. The lowest BCUT2D eigenvalue weighted by atomic mass is 9.95. The number of hydrogen-bond donors (Lipinski definition) is 3. The molecule has 3 N–H and O–H groups in total. The molecule has 0 spiro atoms. The molecule has 0 saturated carbocycles. The Hall–Kier alpha value is -5.06. The van der Waals surface area contributed by atoms with Gasteiger partial charge in [0.1, 0.15) is 11.4 Å². The first-order chi connectivity index (χ1) is 22.8. The van der Waals surface area contributed by atoms with E-state index in [4.69, 9.17) is 16.3 Å². The standard InChI is InChI=1S/C36H35ClN6O4/c1-38-25-9-7-22(8-10-25)34(44)39-26-11-12-29-23(17-26)18-30(40-29)35(45)43-21-24(20-37)33-28-6-4-3-5-27(28)32(19-31(33)43)47-36(46)42-15-13-41(2)14-16-42/h3-12,17-19,24,38,40H,13-16,20-21H2,1-2H3,(H,39,44)/t24-/m1/s1. The Balaban J connectivity index is 1.17.